The molecule has 2 heteroatoms. The van der Waals surface area contributed by atoms with Crippen molar-refractivity contribution < 1.29 is 0 Å². The van der Waals surface area contributed by atoms with Crippen LogP contribution in [0, 0.1) is 10.8 Å². The summed E-state index contributed by atoms with van der Waals surface area (Å²) in [5.74, 6) is 0. The lowest BCUT2D eigenvalue weighted by molar-refractivity contribution is 0.0952. The highest BCUT2D eigenvalue weighted by Gasteiger charge is 2.33. The van der Waals surface area contributed by atoms with Crippen LogP contribution in [-0.2, 0) is 0 Å². The Bertz CT molecular complexity index is 207. The standard InChI is InChI=1S/C13H26N2/c1-12(2)5-8-15(9-6-12)11-13(3)4-7-14-10-13/h14H,4-11H2,1-3H3. The molecule has 2 fully saturated rings. The van der Waals surface area contributed by atoms with Crippen molar-refractivity contribution in [1.29, 1.82) is 0 Å². The molecule has 0 aliphatic carbocycles. The van der Waals surface area contributed by atoms with E-state index in [-0.39, 0.29) is 0 Å². The average Bonchev–Trinajstić information content (AvgIpc) is 2.57. The fourth-order valence-electron chi connectivity index (χ4n) is 2.86. The lowest BCUT2D eigenvalue weighted by Gasteiger charge is -2.40. The minimum atomic E-state index is 0.543. The van der Waals surface area contributed by atoms with Crippen LogP contribution in [0.3, 0.4) is 0 Å². The van der Waals surface area contributed by atoms with Gasteiger partial charge in [0, 0.05) is 13.1 Å². The molecular formula is C13H26N2. The molecule has 0 bridgehead atoms. The summed E-state index contributed by atoms with van der Waals surface area (Å²) in [5.41, 5.74) is 1.13. The van der Waals surface area contributed by atoms with Gasteiger partial charge in [-0.05, 0) is 49.7 Å². The van der Waals surface area contributed by atoms with Gasteiger partial charge in [0.05, 0.1) is 0 Å². The highest BCUT2D eigenvalue weighted by molar-refractivity contribution is 4.88. The molecule has 15 heavy (non-hydrogen) atoms. The fraction of sp³-hybridized carbons (Fsp3) is 1.00. The van der Waals surface area contributed by atoms with Crippen LogP contribution < -0.4 is 5.32 Å². The van der Waals surface area contributed by atoms with Gasteiger partial charge in [0.1, 0.15) is 0 Å². The molecule has 0 aromatic heterocycles. The minimum absolute atomic E-state index is 0.543. The second kappa shape index (κ2) is 4.06. The van der Waals surface area contributed by atoms with Crippen molar-refractivity contribution in [2.45, 2.75) is 40.0 Å². The minimum Gasteiger partial charge on any atom is -0.316 e. The molecule has 0 saturated carbocycles. The molecule has 2 aliphatic rings. The second-order valence-corrected chi connectivity index (χ2v) is 6.68. The summed E-state index contributed by atoms with van der Waals surface area (Å²) in [6, 6.07) is 0. The lowest BCUT2D eigenvalue weighted by Crippen LogP contribution is -2.43. The van der Waals surface area contributed by atoms with E-state index in [9.17, 15) is 0 Å². The van der Waals surface area contributed by atoms with E-state index in [0.29, 0.717) is 10.8 Å². The molecule has 88 valence electrons. The largest absolute Gasteiger partial charge is 0.316 e. The van der Waals surface area contributed by atoms with Gasteiger partial charge < -0.3 is 10.2 Å². The number of nitrogens with one attached hydrogen (secondary N) is 1. The maximum atomic E-state index is 3.49. The highest BCUT2D eigenvalue weighted by atomic mass is 15.1. The van der Waals surface area contributed by atoms with Gasteiger partial charge in [-0.3, -0.25) is 0 Å². The van der Waals surface area contributed by atoms with Crippen LogP contribution in [-0.4, -0.2) is 37.6 Å². The zero-order chi connectivity index (χ0) is 10.9. The van der Waals surface area contributed by atoms with Crippen molar-refractivity contribution in [2.75, 3.05) is 32.7 Å². The van der Waals surface area contributed by atoms with Crippen LogP contribution in [0.1, 0.15) is 40.0 Å². The number of hydrogen-bond donors (Lipinski definition) is 1. The summed E-state index contributed by atoms with van der Waals surface area (Å²) >= 11 is 0. The van der Waals surface area contributed by atoms with E-state index in [4.69, 9.17) is 0 Å². The van der Waals surface area contributed by atoms with Gasteiger partial charge in [-0.15, -0.1) is 0 Å². The predicted octanol–water partition coefficient (Wildman–Crippen LogP) is 2.11. The Labute approximate surface area is 94.4 Å². The summed E-state index contributed by atoms with van der Waals surface area (Å²) in [6.45, 7) is 13.6. The molecule has 0 aromatic rings. The molecule has 1 atom stereocenters. The third-order valence-corrected chi connectivity index (χ3v) is 4.27. The van der Waals surface area contributed by atoms with E-state index < -0.39 is 0 Å². The molecule has 0 amide bonds. The Hall–Kier alpha value is -0.0800. The monoisotopic (exact) mass is 210 g/mol. The van der Waals surface area contributed by atoms with Crippen LogP contribution in [0.15, 0.2) is 0 Å². The third-order valence-electron chi connectivity index (χ3n) is 4.27. The van der Waals surface area contributed by atoms with E-state index in [2.05, 4.69) is 31.0 Å². The maximum Gasteiger partial charge on any atom is 0.00480 e. The fourth-order valence-corrected chi connectivity index (χ4v) is 2.86. The molecule has 2 aliphatic heterocycles. The lowest BCUT2D eigenvalue weighted by atomic mass is 9.81. The van der Waals surface area contributed by atoms with Gasteiger partial charge in [0.15, 0.2) is 0 Å². The summed E-state index contributed by atoms with van der Waals surface area (Å²) in [5, 5.41) is 3.49. The van der Waals surface area contributed by atoms with Gasteiger partial charge in [-0.25, -0.2) is 0 Å². The van der Waals surface area contributed by atoms with Crippen LogP contribution in [0.25, 0.3) is 0 Å². The predicted molar refractivity (Wildman–Crippen MR) is 65.0 cm³/mol. The van der Waals surface area contributed by atoms with Crippen molar-refractivity contribution in [3.05, 3.63) is 0 Å². The molecule has 0 aromatic carbocycles. The van der Waals surface area contributed by atoms with Crippen LogP contribution >= 0.6 is 0 Å². The molecule has 0 radical (unpaired) electrons. The zero-order valence-corrected chi connectivity index (χ0v) is 10.6. The van der Waals surface area contributed by atoms with Crippen LogP contribution in [0.2, 0.25) is 0 Å². The van der Waals surface area contributed by atoms with Gasteiger partial charge >= 0.3 is 0 Å². The first-order valence-electron chi connectivity index (χ1n) is 6.42. The van der Waals surface area contributed by atoms with E-state index in [1.165, 1.54) is 52.0 Å². The number of piperidine rings is 1. The number of hydrogen-bond acceptors (Lipinski definition) is 2. The average molecular weight is 210 g/mol. The Morgan fingerprint density at radius 1 is 1.07 bits per heavy atom. The first-order chi connectivity index (χ1) is 6.99. The van der Waals surface area contributed by atoms with Crippen LogP contribution in [0.5, 0.6) is 0 Å². The van der Waals surface area contributed by atoms with Crippen molar-refractivity contribution in [3.63, 3.8) is 0 Å². The molecule has 2 nitrogen and oxygen atoms in total. The summed E-state index contributed by atoms with van der Waals surface area (Å²) in [4.78, 5) is 2.68. The SMILES string of the molecule is CC1(C)CCN(CC2(C)CCNC2)CC1. The number of nitrogens with zero attached hydrogens (tertiary/aromatic N) is 1. The van der Waals surface area contributed by atoms with E-state index >= 15 is 0 Å². The highest BCUT2D eigenvalue weighted by Crippen LogP contribution is 2.32. The molecule has 2 saturated heterocycles. The first kappa shape index (κ1) is 11.4. The van der Waals surface area contributed by atoms with Crippen molar-refractivity contribution in [1.82, 2.24) is 10.2 Å². The first-order valence-corrected chi connectivity index (χ1v) is 6.42. The molecule has 2 heterocycles. The smallest absolute Gasteiger partial charge is 0.00480 e. The summed E-state index contributed by atoms with van der Waals surface area (Å²) in [7, 11) is 0. The van der Waals surface area contributed by atoms with Crippen molar-refractivity contribution in [2.24, 2.45) is 10.8 Å². The van der Waals surface area contributed by atoms with E-state index in [1.54, 1.807) is 0 Å². The Balaban J connectivity index is 1.81. The number of likely N-dealkylation sites (tertiary alicyclic amines) is 1. The van der Waals surface area contributed by atoms with E-state index in [0.717, 1.165) is 0 Å². The summed E-state index contributed by atoms with van der Waals surface area (Å²) in [6.07, 6.45) is 4.10. The van der Waals surface area contributed by atoms with Crippen molar-refractivity contribution in [3.8, 4) is 0 Å². The van der Waals surface area contributed by atoms with Gasteiger partial charge in [-0.2, -0.15) is 0 Å². The van der Waals surface area contributed by atoms with Gasteiger partial charge in [0.2, 0.25) is 0 Å². The van der Waals surface area contributed by atoms with Crippen molar-refractivity contribution >= 4 is 0 Å². The molecular weight excluding hydrogens is 184 g/mol. The third kappa shape index (κ3) is 2.94. The maximum absolute atomic E-state index is 3.49. The van der Waals surface area contributed by atoms with Crippen LogP contribution in [0.4, 0.5) is 0 Å². The Morgan fingerprint density at radius 3 is 2.27 bits per heavy atom. The molecule has 0 spiro atoms. The van der Waals surface area contributed by atoms with Gasteiger partial charge in [0.25, 0.3) is 0 Å². The van der Waals surface area contributed by atoms with Gasteiger partial charge in [-0.1, -0.05) is 20.8 Å². The normalized spacial score (nSPS) is 37.0. The molecule has 1 N–H and O–H groups in total. The summed E-state index contributed by atoms with van der Waals surface area (Å²) < 4.78 is 0. The topological polar surface area (TPSA) is 15.3 Å². The quantitative estimate of drug-likeness (QED) is 0.751. The Morgan fingerprint density at radius 2 is 1.73 bits per heavy atom. The molecule has 2 rings (SSSR count). The molecule has 1 unspecified atom stereocenters. The zero-order valence-electron chi connectivity index (χ0n) is 10.6. The second-order valence-electron chi connectivity index (χ2n) is 6.68. The Kier molecular flexibility index (Phi) is 3.09. The number of rotatable bonds is 2. The van der Waals surface area contributed by atoms with E-state index in [1.807, 2.05) is 0 Å².